The number of anilines is 2. The minimum atomic E-state index is -1.51. The lowest BCUT2D eigenvalue weighted by atomic mass is 9.76. The molecule has 3 aliphatic heterocycles. The minimum absolute atomic E-state index is 0.0178. The van der Waals surface area contributed by atoms with Crippen LogP contribution in [0.3, 0.4) is 0 Å². The molecule has 0 saturated heterocycles. The van der Waals surface area contributed by atoms with E-state index >= 15 is 0 Å². The van der Waals surface area contributed by atoms with Gasteiger partial charge in [0, 0.05) is 73.1 Å². The molecule has 1 unspecified atom stereocenters. The molecule has 0 amide bonds. The summed E-state index contributed by atoms with van der Waals surface area (Å²) in [7, 11) is 3.95. The van der Waals surface area contributed by atoms with Crippen LogP contribution < -0.4 is 14.5 Å². The Kier molecular flexibility index (Phi) is 7.09. The van der Waals surface area contributed by atoms with Gasteiger partial charge in [-0.3, -0.25) is 4.79 Å². The summed E-state index contributed by atoms with van der Waals surface area (Å²) >= 11 is 26.6. The minimum Gasteiger partial charge on any atom is -0.481 e. The van der Waals surface area contributed by atoms with Gasteiger partial charge in [-0.25, -0.2) is 4.79 Å². The lowest BCUT2D eigenvalue weighted by Gasteiger charge is -2.40. The van der Waals surface area contributed by atoms with Crippen molar-refractivity contribution in [3.8, 4) is 11.5 Å². The number of benzene rings is 4. The highest BCUT2D eigenvalue weighted by Gasteiger charge is 2.57. The number of aliphatic carboxylic acids is 1. The van der Waals surface area contributed by atoms with Crippen molar-refractivity contribution >= 4 is 80.5 Å². The average molecular weight is 672 g/mol. The van der Waals surface area contributed by atoms with E-state index in [1.54, 1.807) is 0 Å². The first-order valence-electron chi connectivity index (χ1n) is 14.2. The van der Waals surface area contributed by atoms with E-state index in [9.17, 15) is 14.7 Å². The molecule has 226 valence electrons. The van der Waals surface area contributed by atoms with E-state index in [-0.39, 0.29) is 32.1 Å². The maximum Gasteiger partial charge on any atom is 0.341 e. The number of carboxylic acid groups (broad SMARTS) is 1. The summed E-state index contributed by atoms with van der Waals surface area (Å²) in [4.78, 5) is 29.1. The number of carbonyl (C=O) groups is 2. The molecule has 1 spiro atoms. The second-order valence-corrected chi connectivity index (χ2v) is 13.0. The van der Waals surface area contributed by atoms with Crippen LogP contribution in [0.1, 0.15) is 51.9 Å². The predicted octanol–water partition coefficient (Wildman–Crippen LogP) is 8.70. The third-order valence-electron chi connectivity index (χ3n) is 8.72. The fraction of sp³-hybridized carbons (Fsp3) is 0.273. The van der Waals surface area contributed by atoms with E-state index in [0.717, 1.165) is 47.1 Å². The molecule has 7 rings (SSSR count). The fourth-order valence-electron chi connectivity index (χ4n) is 6.69. The van der Waals surface area contributed by atoms with E-state index in [4.69, 9.17) is 55.9 Å². The molecular formula is C33H26Cl4N2O5. The number of hydrogen-bond acceptors (Lipinski definition) is 6. The molecule has 1 atom stereocenters. The van der Waals surface area contributed by atoms with Gasteiger partial charge in [0.25, 0.3) is 0 Å². The van der Waals surface area contributed by atoms with Gasteiger partial charge >= 0.3 is 11.9 Å². The van der Waals surface area contributed by atoms with Gasteiger partial charge in [0.2, 0.25) is 0 Å². The first-order chi connectivity index (χ1) is 21.0. The van der Waals surface area contributed by atoms with Gasteiger partial charge in [0.1, 0.15) is 11.5 Å². The molecule has 0 aliphatic carbocycles. The smallest absolute Gasteiger partial charge is 0.341 e. The van der Waals surface area contributed by atoms with E-state index < -0.39 is 17.5 Å². The van der Waals surface area contributed by atoms with Gasteiger partial charge in [0.05, 0.1) is 25.7 Å². The maximum absolute atomic E-state index is 13.7. The summed E-state index contributed by atoms with van der Waals surface area (Å²) in [6.45, 7) is 1.38. The largest absolute Gasteiger partial charge is 0.481 e. The molecule has 0 aromatic heterocycles. The predicted molar refractivity (Wildman–Crippen MR) is 174 cm³/mol. The number of hydrogen-bond donors (Lipinski definition) is 1. The highest BCUT2D eigenvalue weighted by atomic mass is 35.5. The summed E-state index contributed by atoms with van der Waals surface area (Å²) in [5.74, 6) is -0.480. The Labute approximate surface area is 273 Å². The van der Waals surface area contributed by atoms with Crippen molar-refractivity contribution in [3.05, 3.63) is 90.4 Å². The van der Waals surface area contributed by atoms with Crippen LogP contribution in [0, 0.1) is 0 Å². The second kappa shape index (κ2) is 10.6. The lowest BCUT2D eigenvalue weighted by Crippen LogP contribution is -2.35. The van der Waals surface area contributed by atoms with Crippen molar-refractivity contribution in [2.75, 3.05) is 37.0 Å². The zero-order valence-electron chi connectivity index (χ0n) is 23.8. The van der Waals surface area contributed by atoms with Crippen LogP contribution in [0.15, 0.2) is 42.5 Å². The third kappa shape index (κ3) is 4.24. The number of esters is 1. The monoisotopic (exact) mass is 670 g/mol. The fourth-order valence-corrected chi connectivity index (χ4v) is 7.75. The molecule has 0 bridgehead atoms. The van der Waals surface area contributed by atoms with Crippen LogP contribution in [0.4, 0.5) is 11.4 Å². The molecule has 3 heterocycles. The van der Waals surface area contributed by atoms with Gasteiger partial charge in [-0.1, -0.05) is 52.5 Å². The number of halogens is 4. The standard InChI is InChI=1S/C33H26Cl4N2O5/c1-38(2)18-8-9-19-16(13-18)7-10-20-31(19)43-23-15-22-17(5-3-11-39(22)12-4-6-24(40)41)14-21(23)33(20)26-25(32(42)44-33)27(34)29(36)30(37)28(26)35/h7-10,13-15H,3-6,11-12H2,1-2H3,(H,40,41). The van der Waals surface area contributed by atoms with Crippen LogP contribution in [-0.2, 0) is 21.6 Å². The van der Waals surface area contributed by atoms with E-state index in [2.05, 4.69) is 11.0 Å². The van der Waals surface area contributed by atoms with Crippen LogP contribution >= 0.6 is 46.4 Å². The number of nitrogens with zero attached hydrogens (tertiary/aromatic N) is 2. The average Bonchev–Trinajstić information content (AvgIpc) is 3.31. The molecule has 1 N–H and O–H groups in total. The quantitative estimate of drug-likeness (QED) is 0.129. The molecule has 7 nitrogen and oxygen atoms in total. The summed E-state index contributed by atoms with van der Waals surface area (Å²) < 4.78 is 13.2. The van der Waals surface area contributed by atoms with E-state index in [1.807, 2.05) is 55.4 Å². The van der Waals surface area contributed by atoms with Crippen molar-refractivity contribution in [1.82, 2.24) is 0 Å². The van der Waals surface area contributed by atoms with Gasteiger partial charge in [-0.05, 0) is 60.5 Å². The van der Waals surface area contributed by atoms with Crippen LogP contribution in [0.5, 0.6) is 11.5 Å². The Balaban J connectivity index is 1.52. The number of aryl methyl sites for hydroxylation is 1. The van der Waals surface area contributed by atoms with Crippen LogP contribution in [-0.4, -0.2) is 44.2 Å². The summed E-state index contributed by atoms with van der Waals surface area (Å²) in [6, 6.07) is 13.9. The van der Waals surface area contributed by atoms with Crippen LogP contribution in [0.2, 0.25) is 20.1 Å². The number of carboxylic acids is 1. The number of rotatable bonds is 5. The van der Waals surface area contributed by atoms with Crippen molar-refractivity contribution in [1.29, 1.82) is 0 Å². The van der Waals surface area contributed by atoms with Gasteiger partial charge < -0.3 is 24.4 Å². The highest BCUT2D eigenvalue weighted by molar-refractivity contribution is 6.53. The van der Waals surface area contributed by atoms with E-state index in [1.165, 1.54) is 0 Å². The normalized spacial score (nSPS) is 18.0. The van der Waals surface area contributed by atoms with Gasteiger partial charge in [-0.15, -0.1) is 0 Å². The lowest BCUT2D eigenvalue weighted by molar-refractivity contribution is -0.137. The molecule has 11 heteroatoms. The number of fused-ring (bicyclic) bond motifs is 9. The van der Waals surface area contributed by atoms with Gasteiger partial charge in [0.15, 0.2) is 5.60 Å². The van der Waals surface area contributed by atoms with Crippen LogP contribution in [0.25, 0.3) is 10.8 Å². The first-order valence-corrected chi connectivity index (χ1v) is 15.7. The first kappa shape index (κ1) is 29.4. The Morgan fingerprint density at radius 3 is 2.52 bits per heavy atom. The van der Waals surface area contributed by atoms with Crippen molar-refractivity contribution in [2.45, 2.75) is 31.3 Å². The SMILES string of the molecule is CN(C)c1ccc2c3c(ccc2c1)C1(OC(=O)c2c(Cl)c(Cl)c(Cl)c(Cl)c21)c1cc2c(cc1O3)N(CCCC(=O)O)CCC2. The Hall–Kier alpha value is -3.36. The molecule has 0 fully saturated rings. The summed E-state index contributed by atoms with van der Waals surface area (Å²) in [5, 5.41) is 11.0. The topological polar surface area (TPSA) is 79.3 Å². The second-order valence-electron chi connectivity index (χ2n) is 11.5. The zero-order valence-corrected chi connectivity index (χ0v) is 26.8. The Morgan fingerprint density at radius 1 is 1.00 bits per heavy atom. The molecule has 3 aliphatic rings. The molecule has 0 saturated carbocycles. The Bertz CT molecular complexity index is 1930. The van der Waals surface area contributed by atoms with Crippen molar-refractivity contribution in [3.63, 3.8) is 0 Å². The number of ether oxygens (including phenoxy) is 2. The van der Waals surface area contributed by atoms with Gasteiger partial charge in [-0.2, -0.15) is 0 Å². The zero-order chi connectivity index (χ0) is 31.1. The highest BCUT2D eigenvalue weighted by Crippen LogP contribution is 2.62. The van der Waals surface area contributed by atoms with E-state index in [0.29, 0.717) is 41.2 Å². The van der Waals surface area contributed by atoms with Crippen molar-refractivity contribution in [2.24, 2.45) is 0 Å². The molecule has 4 aromatic rings. The Morgan fingerprint density at radius 2 is 1.77 bits per heavy atom. The van der Waals surface area contributed by atoms with Crippen molar-refractivity contribution < 1.29 is 24.2 Å². The summed E-state index contributed by atoms with van der Waals surface area (Å²) in [5.41, 5.74) is 3.07. The maximum atomic E-state index is 13.7. The summed E-state index contributed by atoms with van der Waals surface area (Å²) in [6.07, 6.45) is 2.26. The molecule has 4 aromatic carbocycles. The molecular weight excluding hydrogens is 646 g/mol. The third-order valence-corrected chi connectivity index (χ3v) is 10.5. The molecule has 0 radical (unpaired) electrons. The number of carbonyl (C=O) groups excluding carboxylic acids is 1. The molecule has 44 heavy (non-hydrogen) atoms.